The Morgan fingerprint density at radius 2 is 2.62 bits per heavy atom. The third-order valence-electron chi connectivity index (χ3n) is 1.19. The molecule has 1 N–H and O–H groups in total. The topological polar surface area (TPSA) is 46.5 Å². The van der Waals surface area contributed by atoms with E-state index < -0.39 is 0 Å². The maximum absolute atomic E-state index is 10.3. The lowest BCUT2D eigenvalue weighted by molar-refractivity contribution is -0.137. The highest BCUT2D eigenvalue weighted by molar-refractivity contribution is 5.71. The van der Waals surface area contributed by atoms with Crippen LogP contribution in [0.15, 0.2) is 0 Å². The lowest BCUT2D eigenvalue weighted by Gasteiger charge is -1.94. The summed E-state index contributed by atoms with van der Waals surface area (Å²) in [5.74, 6) is -0.133. The van der Waals surface area contributed by atoms with Gasteiger partial charge in [0.15, 0.2) is 0 Å². The molecule has 0 amide bonds. The Hall–Kier alpha value is -0.570. The Labute approximate surface area is 47.3 Å². The molecular formula is C5H8O3. The van der Waals surface area contributed by atoms with Gasteiger partial charge in [0.25, 0.3) is 0 Å². The molecule has 0 radical (unpaired) electrons. The van der Waals surface area contributed by atoms with Gasteiger partial charge in [-0.1, -0.05) is 0 Å². The molecule has 1 rings (SSSR count). The van der Waals surface area contributed by atoms with Gasteiger partial charge < -0.3 is 9.84 Å². The molecule has 1 aliphatic rings. The molecule has 1 saturated heterocycles. The molecule has 1 aliphatic heterocycles. The average Bonchev–Trinajstić information content (AvgIpc) is 2.14. The number of ether oxygens (including phenoxy) is 1. The first-order chi connectivity index (χ1) is 3.83. The Balaban J connectivity index is 2.32. The highest BCUT2D eigenvalue weighted by atomic mass is 16.5. The van der Waals surface area contributed by atoms with Crippen LogP contribution in [0.25, 0.3) is 0 Å². The fourth-order valence-corrected chi connectivity index (χ4v) is 0.682. The molecule has 1 atom stereocenters. The number of rotatable bonds is 1. The first kappa shape index (κ1) is 5.56. The van der Waals surface area contributed by atoms with Gasteiger partial charge in [-0.25, -0.2) is 0 Å². The van der Waals surface area contributed by atoms with Crippen molar-refractivity contribution < 1.29 is 14.6 Å². The van der Waals surface area contributed by atoms with Gasteiger partial charge in [0, 0.05) is 12.5 Å². The first-order valence-electron chi connectivity index (χ1n) is 2.59. The number of cyclic esters (lactones) is 1. The summed E-state index contributed by atoms with van der Waals surface area (Å²) in [5.41, 5.74) is 0. The molecule has 0 spiro atoms. The Morgan fingerprint density at radius 1 is 1.88 bits per heavy atom. The molecule has 3 nitrogen and oxygen atoms in total. The molecule has 1 heterocycles. The van der Waals surface area contributed by atoms with Crippen LogP contribution >= 0.6 is 0 Å². The van der Waals surface area contributed by atoms with Gasteiger partial charge in [0.1, 0.15) is 0 Å². The quantitative estimate of drug-likeness (QED) is 0.471. The van der Waals surface area contributed by atoms with E-state index in [-0.39, 0.29) is 18.5 Å². The zero-order valence-corrected chi connectivity index (χ0v) is 4.46. The molecule has 0 aromatic rings. The van der Waals surface area contributed by atoms with Crippen LogP contribution in [0.3, 0.4) is 0 Å². The standard InChI is InChI=1S/C5H8O3/c6-2-4-1-5(7)8-3-4/h4,6H,1-3H2/t4-/m0/s1. The second-order valence-corrected chi connectivity index (χ2v) is 1.94. The van der Waals surface area contributed by atoms with Gasteiger partial charge in [-0.05, 0) is 0 Å². The van der Waals surface area contributed by atoms with E-state index in [2.05, 4.69) is 4.74 Å². The van der Waals surface area contributed by atoms with Crippen molar-refractivity contribution in [3.63, 3.8) is 0 Å². The summed E-state index contributed by atoms with van der Waals surface area (Å²) in [7, 11) is 0. The van der Waals surface area contributed by atoms with Crippen molar-refractivity contribution in [3.05, 3.63) is 0 Å². The van der Waals surface area contributed by atoms with Crippen LogP contribution in [-0.2, 0) is 9.53 Å². The van der Waals surface area contributed by atoms with E-state index in [1.165, 1.54) is 0 Å². The van der Waals surface area contributed by atoms with E-state index in [0.29, 0.717) is 13.0 Å². The van der Waals surface area contributed by atoms with Gasteiger partial charge in [-0.2, -0.15) is 0 Å². The van der Waals surface area contributed by atoms with Crippen LogP contribution in [0, 0.1) is 5.92 Å². The second kappa shape index (κ2) is 2.13. The number of hydrogen-bond acceptors (Lipinski definition) is 3. The molecule has 0 saturated carbocycles. The van der Waals surface area contributed by atoms with Gasteiger partial charge in [0.2, 0.25) is 0 Å². The molecule has 0 aromatic carbocycles. The van der Waals surface area contributed by atoms with Crippen molar-refractivity contribution in [2.45, 2.75) is 6.42 Å². The third-order valence-corrected chi connectivity index (χ3v) is 1.19. The Kier molecular flexibility index (Phi) is 1.48. The molecule has 3 heteroatoms. The summed E-state index contributed by atoms with van der Waals surface area (Å²) in [6.45, 7) is 0.459. The number of carbonyl (C=O) groups excluding carboxylic acids is 1. The van der Waals surface area contributed by atoms with Gasteiger partial charge in [0.05, 0.1) is 13.0 Å². The summed E-state index contributed by atoms with van der Waals surface area (Å²) in [4.78, 5) is 10.3. The van der Waals surface area contributed by atoms with Crippen LogP contribution in [0.4, 0.5) is 0 Å². The monoisotopic (exact) mass is 116 g/mol. The number of hydrogen-bond donors (Lipinski definition) is 1. The lowest BCUT2D eigenvalue weighted by atomic mass is 10.1. The average molecular weight is 116 g/mol. The van der Waals surface area contributed by atoms with Crippen LogP contribution in [0.2, 0.25) is 0 Å². The zero-order valence-electron chi connectivity index (χ0n) is 4.46. The van der Waals surface area contributed by atoms with E-state index in [1.54, 1.807) is 0 Å². The molecule has 0 bridgehead atoms. The van der Waals surface area contributed by atoms with Crippen LogP contribution in [-0.4, -0.2) is 24.3 Å². The van der Waals surface area contributed by atoms with Crippen molar-refractivity contribution in [3.8, 4) is 0 Å². The third kappa shape index (κ3) is 0.980. The van der Waals surface area contributed by atoms with Crippen molar-refractivity contribution >= 4 is 5.97 Å². The summed E-state index contributed by atoms with van der Waals surface area (Å²) in [6.07, 6.45) is 0.385. The van der Waals surface area contributed by atoms with Crippen LogP contribution in [0.1, 0.15) is 6.42 Å². The fraction of sp³-hybridized carbons (Fsp3) is 0.800. The second-order valence-electron chi connectivity index (χ2n) is 1.94. The highest BCUT2D eigenvalue weighted by Gasteiger charge is 2.22. The van der Waals surface area contributed by atoms with Gasteiger partial charge in [-0.15, -0.1) is 0 Å². The SMILES string of the molecule is O=C1C[C@@H](CO)CO1. The molecule has 0 unspecified atom stereocenters. The largest absolute Gasteiger partial charge is 0.465 e. The van der Waals surface area contributed by atoms with E-state index in [0.717, 1.165) is 0 Å². The lowest BCUT2D eigenvalue weighted by Crippen LogP contribution is -2.03. The van der Waals surface area contributed by atoms with E-state index in [4.69, 9.17) is 5.11 Å². The summed E-state index contributed by atoms with van der Waals surface area (Å²) in [6, 6.07) is 0. The minimum absolute atomic E-state index is 0.0579. The molecule has 1 fully saturated rings. The maximum atomic E-state index is 10.3. The van der Waals surface area contributed by atoms with E-state index >= 15 is 0 Å². The molecule has 0 aliphatic carbocycles. The van der Waals surface area contributed by atoms with Crippen LogP contribution in [0.5, 0.6) is 0 Å². The Bertz CT molecular complexity index is 99.8. The van der Waals surface area contributed by atoms with Crippen molar-refractivity contribution in [2.75, 3.05) is 13.2 Å². The molecular weight excluding hydrogens is 108 g/mol. The zero-order chi connectivity index (χ0) is 5.98. The first-order valence-corrected chi connectivity index (χ1v) is 2.59. The summed E-state index contributed by atoms with van der Waals surface area (Å²) in [5, 5.41) is 8.45. The number of esters is 1. The minimum Gasteiger partial charge on any atom is -0.465 e. The smallest absolute Gasteiger partial charge is 0.306 e. The number of aliphatic hydroxyl groups excluding tert-OH is 1. The minimum atomic E-state index is -0.191. The van der Waals surface area contributed by atoms with Crippen molar-refractivity contribution in [1.82, 2.24) is 0 Å². The normalized spacial score (nSPS) is 28.1. The molecule has 0 aromatic heterocycles. The predicted octanol–water partition coefficient (Wildman–Crippen LogP) is -0.458. The predicted molar refractivity (Wildman–Crippen MR) is 26.2 cm³/mol. The fourth-order valence-electron chi connectivity index (χ4n) is 0.682. The molecule has 8 heavy (non-hydrogen) atoms. The van der Waals surface area contributed by atoms with Crippen LogP contribution < -0.4 is 0 Å². The van der Waals surface area contributed by atoms with Gasteiger partial charge in [-0.3, -0.25) is 4.79 Å². The van der Waals surface area contributed by atoms with Gasteiger partial charge >= 0.3 is 5.97 Å². The Morgan fingerprint density at radius 3 is 2.88 bits per heavy atom. The number of carbonyl (C=O) groups is 1. The van der Waals surface area contributed by atoms with Crippen molar-refractivity contribution in [2.24, 2.45) is 5.92 Å². The van der Waals surface area contributed by atoms with Crippen molar-refractivity contribution in [1.29, 1.82) is 0 Å². The maximum Gasteiger partial charge on any atom is 0.306 e. The highest BCUT2D eigenvalue weighted by Crippen LogP contribution is 2.11. The summed E-state index contributed by atoms with van der Waals surface area (Å²) < 4.78 is 4.56. The molecule has 46 valence electrons. The number of aliphatic hydroxyl groups is 1. The van der Waals surface area contributed by atoms with E-state index in [9.17, 15) is 4.79 Å². The van der Waals surface area contributed by atoms with E-state index in [1.807, 2.05) is 0 Å². The summed E-state index contributed by atoms with van der Waals surface area (Å²) >= 11 is 0.